The summed E-state index contributed by atoms with van der Waals surface area (Å²) >= 11 is 18.4. The van der Waals surface area contributed by atoms with Crippen LogP contribution in [0.15, 0.2) is 48.5 Å². The lowest BCUT2D eigenvalue weighted by molar-refractivity contribution is -0.126. The third-order valence-corrected chi connectivity index (χ3v) is 6.46. The van der Waals surface area contributed by atoms with Crippen molar-refractivity contribution in [2.24, 2.45) is 5.92 Å². The normalized spacial score (nSPS) is 19.7. The number of nitrogens with zero attached hydrogens (tertiary/aromatic N) is 1. The van der Waals surface area contributed by atoms with Crippen LogP contribution in [0.5, 0.6) is 0 Å². The van der Waals surface area contributed by atoms with Crippen molar-refractivity contribution in [3.05, 3.63) is 64.1 Å². The van der Waals surface area contributed by atoms with Crippen molar-refractivity contribution in [3.63, 3.8) is 0 Å². The summed E-state index contributed by atoms with van der Waals surface area (Å²) < 4.78 is 0. The molecule has 0 spiro atoms. The van der Waals surface area contributed by atoms with Crippen LogP contribution in [0.4, 0.5) is 5.69 Å². The second-order valence-corrected chi connectivity index (χ2v) is 8.79. The van der Waals surface area contributed by atoms with Crippen LogP contribution in [-0.4, -0.2) is 23.7 Å². The van der Waals surface area contributed by atoms with Crippen molar-refractivity contribution in [2.45, 2.75) is 44.7 Å². The molecule has 7 heteroatoms. The molecule has 1 fully saturated rings. The largest absolute Gasteiger partial charge is 0.351 e. The summed E-state index contributed by atoms with van der Waals surface area (Å²) in [7, 11) is 0. The van der Waals surface area contributed by atoms with E-state index in [4.69, 9.17) is 34.8 Å². The fraction of sp³-hybridized carbons (Fsp3) is 0.391. The van der Waals surface area contributed by atoms with Gasteiger partial charge >= 0.3 is 0 Å². The van der Waals surface area contributed by atoms with Crippen LogP contribution in [-0.2, 0) is 9.59 Å². The number of amides is 2. The second kappa shape index (κ2) is 10.5. The van der Waals surface area contributed by atoms with Gasteiger partial charge < -0.3 is 5.32 Å². The minimum Gasteiger partial charge on any atom is -0.351 e. The molecule has 0 aromatic heterocycles. The third-order valence-electron chi connectivity index (χ3n) is 5.63. The van der Waals surface area contributed by atoms with Crippen LogP contribution in [0, 0.1) is 5.92 Å². The molecule has 0 radical (unpaired) electrons. The molecule has 160 valence electrons. The van der Waals surface area contributed by atoms with Gasteiger partial charge in [-0.1, -0.05) is 61.2 Å². The molecule has 2 amide bonds. The lowest BCUT2D eigenvalue weighted by atomic mass is 9.85. The van der Waals surface area contributed by atoms with Gasteiger partial charge in [-0.15, -0.1) is 11.6 Å². The highest BCUT2D eigenvalue weighted by atomic mass is 35.5. The molecular weight excluding hydrogens is 443 g/mol. The molecular formula is C23H25Cl3N2O2. The minimum atomic E-state index is -0.944. The van der Waals surface area contributed by atoms with Gasteiger partial charge in [-0.3, -0.25) is 14.5 Å². The predicted octanol–water partition coefficient (Wildman–Crippen LogP) is 6.00. The summed E-state index contributed by atoms with van der Waals surface area (Å²) in [6, 6.07) is 12.9. The van der Waals surface area contributed by atoms with E-state index in [2.05, 4.69) is 12.2 Å². The van der Waals surface area contributed by atoms with E-state index in [1.807, 2.05) is 0 Å². The Kier molecular flexibility index (Phi) is 8.04. The average Bonchev–Trinajstić information content (AvgIpc) is 2.74. The Morgan fingerprint density at radius 3 is 2.37 bits per heavy atom. The minimum absolute atomic E-state index is 0.0643. The topological polar surface area (TPSA) is 49.4 Å². The Morgan fingerprint density at radius 2 is 1.73 bits per heavy atom. The summed E-state index contributed by atoms with van der Waals surface area (Å²) in [4.78, 5) is 27.9. The van der Waals surface area contributed by atoms with Crippen LogP contribution in [0.1, 0.15) is 44.2 Å². The van der Waals surface area contributed by atoms with Crippen molar-refractivity contribution in [1.82, 2.24) is 5.32 Å². The van der Waals surface area contributed by atoms with Gasteiger partial charge in [0.05, 0.1) is 0 Å². The van der Waals surface area contributed by atoms with Gasteiger partial charge in [0.2, 0.25) is 11.8 Å². The molecule has 2 aromatic rings. The number of carbonyl (C=O) groups excluding carboxylic acids is 2. The molecule has 1 saturated carbocycles. The molecule has 1 N–H and O–H groups in total. The Labute approximate surface area is 192 Å². The molecule has 0 saturated heterocycles. The van der Waals surface area contributed by atoms with Crippen molar-refractivity contribution in [1.29, 1.82) is 0 Å². The van der Waals surface area contributed by atoms with E-state index in [0.717, 1.165) is 19.3 Å². The van der Waals surface area contributed by atoms with E-state index < -0.39 is 11.9 Å². The van der Waals surface area contributed by atoms with E-state index in [0.29, 0.717) is 27.2 Å². The predicted molar refractivity (Wildman–Crippen MR) is 123 cm³/mol. The molecule has 0 aliphatic heterocycles. The third kappa shape index (κ3) is 5.29. The maximum Gasteiger partial charge on any atom is 0.248 e. The highest BCUT2D eigenvalue weighted by Crippen LogP contribution is 2.34. The number of alkyl halides is 1. The molecule has 0 unspecified atom stereocenters. The monoisotopic (exact) mass is 466 g/mol. The highest BCUT2D eigenvalue weighted by Gasteiger charge is 2.35. The van der Waals surface area contributed by atoms with Crippen molar-refractivity contribution in [2.75, 3.05) is 10.8 Å². The Morgan fingerprint density at radius 1 is 1.07 bits per heavy atom. The molecule has 0 heterocycles. The van der Waals surface area contributed by atoms with Crippen LogP contribution >= 0.6 is 34.8 Å². The lowest BCUT2D eigenvalue weighted by Crippen LogP contribution is -2.49. The summed E-state index contributed by atoms with van der Waals surface area (Å²) in [5.41, 5.74) is 1.08. The van der Waals surface area contributed by atoms with Gasteiger partial charge in [0.15, 0.2) is 0 Å². The van der Waals surface area contributed by atoms with Crippen molar-refractivity contribution >= 4 is 52.3 Å². The van der Waals surface area contributed by atoms with Gasteiger partial charge in [-0.05, 0) is 49.1 Å². The first kappa shape index (κ1) is 22.9. The van der Waals surface area contributed by atoms with Gasteiger partial charge in [0.1, 0.15) is 11.9 Å². The molecule has 0 bridgehead atoms. The van der Waals surface area contributed by atoms with Gasteiger partial charge in [0, 0.05) is 27.3 Å². The number of benzene rings is 2. The molecule has 4 nitrogen and oxygen atoms in total. The molecule has 1 aliphatic carbocycles. The number of halogens is 3. The fourth-order valence-electron chi connectivity index (χ4n) is 3.99. The summed E-state index contributed by atoms with van der Waals surface area (Å²) in [5.74, 6) is -0.551. The van der Waals surface area contributed by atoms with Gasteiger partial charge in [0.25, 0.3) is 0 Å². The number of hydrogen-bond acceptors (Lipinski definition) is 2. The summed E-state index contributed by atoms with van der Waals surface area (Å²) in [6.45, 7) is 2.15. The standard InChI is InChI=1S/C23H25Cl3N2O2/c1-15-6-2-5-9-20(15)27-23(30)22(18-7-3-4-8-19(18)26)28(21(29)14-24)17-12-10-16(25)11-13-17/h3-4,7-8,10-13,15,20,22H,2,5-6,9,14H2,1H3,(H,27,30)/t15-,20-,22-/m1/s1. The number of rotatable bonds is 6. The van der Waals surface area contributed by atoms with Gasteiger partial charge in [-0.25, -0.2) is 0 Å². The van der Waals surface area contributed by atoms with Gasteiger partial charge in [-0.2, -0.15) is 0 Å². The number of anilines is 1. The molecule has 3 rings (SSSR count). The lowest BCUT2D eigenvalue weighted by Gasteiger charge is -2.35. The quantitative estimate of drug-likeness (QED) is 0.530. The number of carbonyl (C=O) groups is 2. The second-order valence-electron chi connectivity index (χ2n) is 7.67. The Bertz CT molecular complexity index is 888. The first-order chi connectivity index (χ1) is 14.4. The van der Waals surface area contributed by atoms with Crippen LogP contribution < -0.4 is 10.2 Å². The van der Waals surface area contributed by atoms with E-state index in [1.54, 1.807) is 48.5 Å². The van der Waals surface area contributed by atoms with E-state index in [-0.39, 0.29) is 17.8 Å². The zero-order valence-corrected chi connectivity index (χ0v) is 19.1. The van der Waals surface area contributed by atoms with E-state index in [1.165, 1.54) is 11.3 Å². The first-order valence-electron chi connectivity index (χ1n) is 10.1. The zero-order chi connectivity index (χ0) is 21.7. The van der Waals surface area contributed by atoms with Crippen molar-refractivity contribution in [3.8, 4) is 0 Å². The Balaban J connectivity index is 2.04. The van der Waals surface area contributed by atoms with Crippen LogP contribution in [0.3, 0.4) is 0 Å². The van der Waals surface area contributed by atoms with Crippen LogP contribution in [0.2, 0.25) is 10.0 Å². The number of hydrogen-bond donors (Lipinski definition) is 1. The van der Waals surface area contributed by atoms with E-state index in [9.17, 15) is 9.59 Å². The number of nitrogens with one attached hydrogen (secondary N) is 1. The summed E-state index contributed by atoms with van der Waals surface area (Å²) in [5, 5.41) is 4.12. The average molecular weight is 468 g/mol. The van der Waals surface area contributed by atoms with Crippen molar-refractivity contribution < 1.29 is 9.59 Å². The molecule has 2 aromatic carbocycles. The molecule has 3 atom stereocenters. The van der Waals surface area contributed by atoms with Crippen LogP contribution in [0.25, 0.3) is 0 Å². The summed E-state index contributed by atoms with van der Waals surface area (Å²) in [6.07, 6.45) is 4.24. The zero-order valence-electron chi connectivity index (χ0n) is 16.8. The highest BCUT2D eigenvalue weighted by molar-refractivity contribution is 6.32. The fourth-order valence-corrected chi connectivity index (χ4v) is 4.48. The first-order valence-corrected chi connectivity index (χ1v) is 11.4. The maximum atomic E-state index is 13.6. The maximum absolute atomic E-state index is 13.6. The SMILES string of the molecule is C[C@@H]1CCCC[C@H]1NC(=O)[C@@H](c1ccccc1Cl)N(C(=O)CCl)c1ccc(Cl)cc1. The molecule has 1 aliphatic rings. The Hall–Kier alpha value is -1.75. The van der Waals surface area contributed by atoms with E-state index >= 15 is 0 Å². The molecule has 30 heavy (non-hydrogen) atoms. The smallest absolute Gasteiger partial charge is 0.248 e.